The van der Waals surface area contributed by atoms with E-state index in [1.807, 2.05) is 20.8 Å². The van der Waals surface area contributed by atoms with Gasteiger partial charge in [0.05, 0.1) is 7.11 Å². The average Bonchev–Trinajstić information content (AvgIpc) is 2.51. The van der Waals surface area contributed by atoms with Gasteiger partial charge in [-0.25, -0.2) is 0 Å². The van der Waals surface area contributed by atoms with E-state index in [9.17, 15) is 4.79 Å². The summed E-state index contributed by atoms with van der Waals surface area (Å²) < 4.78 is 22.3. The van der Waals surface area contributed by atoms with Gasteiger partial charge in [0.25, 0.3) is 0 Å². The summed E-state index contributed by atoms with van der Waals surface area (Å²) in [6.45, 7) is 11.2. The molecule has 0 aliphatic rings. The molecule has 22 heavy (non-hydrogen) atoms. The number of carbonyl (C=O) groups is 1. The molecule has 0 radical (unpaired) electrons. The molecule has 2 N–H and O–H groups in total. The van der Waals surface area contributed by atoms with Gasteiger partial charge >= 0.3 is 14.8 Å². The molecule has 0 spiro atoms. The van der Waals surface area contributed by atoms with Crippen LogP contribution in [0.3, 0.4) is 0 Å². The van der Waals surface area contributed by atoms with Gasteiger partial charge in [-0.2, -0.15) is 0 Å². The molecule has 0 fully saturated rings. The largest absolute Gasteiger partial charge is 0.530 e. The fourth-order valence-corrected chi connectivity index (χ4v) is 4.81. The van der Waals surface area contributed by atoms with E-state index < -0.39 is 20.4 Å². The van der Waals surface area contributed by atoms with Gasteiger partial charge in [-0.1, -0.05) is 6.92 Å². The lowest BCUT2D eigenvalue weighted by molar-refractivity contribution is -0.142. The number of hydrogen-bond acceptors (Lipinski definition) is 7. The number of carbonyl (C=O) groups excluding carboxylic acids is 1. The maximum absolute atomic E-state index is 12.2. The molecule has 0 aromatic heterocycles. The molecule has 0 rings (SSSR count). The Morgan fingerprint density at radius 2 is 1.50 bits per heavy atom. The summed E-state index contributed by atoms with van der Waals surface area (Å²) in [5, 5.41) is 6.45. The van der Waals surface area contributed by atoms with Crippen LogP contribution in [0.15, 0.2) is 0 Å². The molecule has 7 nitrogen and oxygen atoms in total. The van der Waals surface area contributed by atoms with Crippen molar-refractivity contribution in [2.75, 3.05) is 46.6 Å². The molecule has 0 heterocycles. The van der Waals surface area contributed by atoms with E-state index >= 15 is 0 Å². The summed E-state index contributed by atoms with van der Waals surface area (Å²) >= 11 is 0. The number of ether oxygens (including phenoxy) is 1. The number of methoxy groups -OCH3 is 1. The van der Waals surface area contributed by atoms with Crippen molar-refractivity contribution in [2.45, 2.75) is 39.8 Å². The second-order valence-corrected chi connectivity index (χ2v) is 7.21. The fourth-order valence-electron chi connectivity index (χ4n) is 2.06. The van der Waals surface area contributed by atoms with Crippen LogP contribution in [0.2, 0.25) is 0 Å². The predicted molar refractivity (Wildman–Crippen MR) is 87.6 cm³/mol. The number of hydrogen-bond donors (Lipinski definition) is 2. The zero-order valence-corrected chi connectivity index (χ0v) is 15.6. The van der Waals surface area contributed by atoms with Crippen LogP contribution < -0.4 is 10.6 Å². The normalized spacial score (nSPS) is 13.1. The third kappa shape index (κ3) is 7.17. The summed E-state index contributed by atoms with van der Waals surface area (Å²) in [6.07, 6.45) is 1.07. The van der Waals surface area contributed by atoms with Crippen molar-refractivity contribution in [3.8, 4) is 0 Å². The minimum Gasteiger partial charge on any atom is -0.468 e. The number of esters is 1. The van der Waals surface area contributed by atoms with E-state index in [4.69, 9.17) is 18.0 Å². The van der Waals surface area contributed by atoms with Gasteiger partial charge in [0.15, 0.2) is 5.67 Å². The van der Waals surface area contributed by atoms with Gasteiger partial charge in [0.1, 0.15) is 0 Å². The van der Waals surface area contributed by atoms with Crippen LogP contribution in [-0.4, -0.2) is 67.0 Å². The lowest BCUT2D eigenvalue weighted by atomic mass is 10.4. The zero-order chi connectivity index (χ0) is 16.8. The Morgan fingerprint density at radius 1 is 0.955 bits per heavy atom. The van der Waals surface area contributed by atoms with Crippen molar-refractivity contribution >= 4 is 14.8 Å². The first-order valence-corrected chi connectivity index (χ1v) is 9.85. The van der Waals surface area contributed by atoms with Gasteiger partial charge in [-0.15, -0.1) is 0 Å². The number of nitrogens with one attached hydrogen (secondary N) is 2. The molecule has 1 atom stereocenters. The Kier molecular flexibility index (Phi) is 12.7. The van der Waals surface area contributed by atoms with Crippen LogP contribution in [0.25, 0.3) is 0 Å². The van der Waals surface area contributed by atoms with Gasteiger partial charge < -0.3 is 23.3 Å². The van der Waals surface area contributed by atoms with Gasteiger partial charge in [-0.3, -0.25) is 10.1 Å². The molecular formula is C14H32N2O5Si. The molecule has 8 heteroatoms. The van der Waals surface area contributed by atoms with Crippen LogP contribution >= 0.6 is 0 Å². The van der Waals surface area contributed by atoms with E-state index in [1.54, 1.807) is 0 Å². The highest BCUT2D eigenvalue weighted by Crippen LogP contribution is 2.16. The minimum atomic E-state index is -3.19. The van der Waals surface area contributed by atoms with Crippen molar-refractivity contribution in [1.82, 2.24) is 10.6 Å². The van der Waals surface area contributed by atoms with E-state index in [0.717, 1.165) is 19.5 Å². The quantitative estimate of drug-likeness (QED) is 0.275. The Morgan fingerprint density at radius 3 is 1.91 bits per heavy atom. The standard InChI is InChI=1S/C14H32N2O5Si/c1-6-10-15-11-12-16-13(14(17)18-5)22(19-7-2,20-8-3)21-9-4/h13,15-16H,6-12H2,1-5H3. The highest BCUT2D eigenvalue weighted by Gasteiger charge is 2.54. The van der Waals surface area contributed by atoms with Crippen LogP contribution in [0.4, 0.5) is 0 Å². The highest BCUT2D eigenvalue weighted by atomic mass is 28.4. The predicted octanol–water partition coefficient (Wildman–Crippen LogP) is 0.705. The average molecular weight is 337 g/mol. The second kappa shape index (κ2) is 13.0. The summed E-state index contributed by atoms with van der Waals surface area (Å²) in [4.78, 5) is 12.2. The molecule has 0 aliphatic carbocycles. The van der Waals surface area contributed by atoms with Gasteiger partial charge in [-0.05, 0) is 33.7 Å². The third-order valence-corrected chi connectivity index (χ3v) is 6.12. The van der Waals surface area contributed by atoms with Crippen LogP contribution in [-0.2, 0) is 22.8 Å². The van der Waals surface area contributed by atoms with E-state index in [-0.39, 0.29) is 0 Å². The van der Waals surface area contributed by atoms with E-state index in [1.165, 1.54) is 7.11 Å². The Balaban J connectivity index is 4.98. The van der Waals surface area contributed by atoms with Crippen molar-refractivity contribution in [3.63, 3.8) is 0 Å². The van der Waals surface area contributed by atoms with Crippen LogP contribution in [0.1, 0.15) is 34.1 Å². The fraction of sp³-hybridized carbons (Fsp3) is 0.929. The molecule has 1 unspecified atom stereocenters. The lowest BCUT2D eigenvalue weighted by Gasteiger charge is -2.34. The summed E-state index contributed by atoms with van der Waals surface area (Å²) in [5.74, 6) is -0.419. The van der Waals surface area contributed by atoms with Gasteiger partial charge in [0, 0.05) is 32.9 Å². The molecule has 0 aliphatic heterocycles. The third-order valence-electron chi connectivity index (χ3n) is 2.90. The molecule has 0 saturated carbocycles. The zero-order valence-electron chi connectivity index (χ0n) is 14.6. The topological polar surface area (TPSA) is 78.1 Å². The number of rotatable bonds is 14. The maximum Gasteiger partial charge on any atom is 0.530 e. The Bertz CT molecular complexity index is 277. The molecule has 132 valence electrons. The Hall–Kier alpha value is -0.513. The van der Waals surface area contributed by atoms with Crippen molar-refractivity contribution in [3.05, 3.63) is 0 Å². The maximum atomic E-state index is 12.2. The smallest absolute Gasteiger partial charge is 0.468 e. The molecule has 0 bridgehead atoms. The van der Waals surface area contributed by atoms with Crippen molar-refractivity contribution in [1.29, 1.82) is 0 Å². The van der Waals surface area contributed by atoms with Crippen molar-refractivity contribution in [2.24, 2.45) is 0 Å². The molecule has 0 amide bonds. The molecular weight excluding hydrogens is 304 g/mol. The first kappa shape index (κ1) is 21.5. The summed E-state index contributed by atoms with van der Waals surface area (Å²) in [6, 6.07) is 0. The van der Waals surface area contributed by atoms with Gasteiger partial charge in [0.2, 0.25) is 0 Å². The van der Waals surface area contributed by atoms with Crippen LogP contribution in [0.5, 0.6) is 0 Å². The summed E-state index contributed by atoms with van der Waals surface area (Å²) in [7, 11) is -1.83. The monoisotopic (exact) mass is 336 g/mol. The highest BCUT2D eigenvalue weighted by molar-refractivity contribution is 6.66. The van der Waals surface area contributed by atoms with E-state index in [0.29, 0.717) is 26.4 Å². The first-order valence-electron chi connectivity index (χ1n) is 8.05. The SMILES string of the molecule is CCCNCCNC(C(=O)OC)[Si](OCC)(OCC)OCC. The molecule has 0 aromatic rings. The molecule has 0 saturated heterocycles. The van der Waals surface area contributed by atoms with Crippen LogP contribution in [0, 0.1) is 0 Å². The van der Waals surface area contributed by atoms with Crippen molar-refractivity contribution < 1.29 is 22.8 Å². The first-order chi connectivity index (χ1) is 10.6. The second-order valence-electron chi connectivity index (χ2n) is 4.56. The summed E-state index contributed by atoms with van der Waals surface area (Å²) in [5.41, 5.74) is -0.722. The molecule has 0 aromatic carbocycles. The Labute approximate surface area is 135 Å². The minimum absolute atomic E-state index is 0.412. The van der Waals surface area contributed by atoms with E-state index in [2.05, 4.69) is 17.6 Å². The lowest BCUT2D eigenvalue weighted by Crippen LogP contribution is -2.66.